The Kier molecular flexibility index (Phi) is 4.86. The van der Waals surface area contributed by atoms with E-state index in [-0.39, 0.29) is 12.5 Å². The van der Waals surface area contributed by atoms with Crippen molar-refractivity contribution in [3.63, 3.8) is 0 Å². The number of aryl methyl sites for hydroxylation is 1. The van der Waals surface area contributed by atoms with E-state index in [1.807, 2.05) is 19.1 Å². The molecule has 29 heavy (non-hydrogen) atoms. The number of rotatable bonds is 4. The van der Waals surface area contributed by atoms with Gasteiger partial charge in [0.2, 0.25) is 5.91 Å². The van der Waals surface area contributed by atoms with Crippen LogP contribution in [0.15, 0.2) is 72.8 Å². The number of aliphatic hydroxyl groups is 1. The summed E-state index contributed by atoms with van der Waals surface area (Å²) in [6.45, 7) is 1.74. The van der Waals surface area contributed by atoms with E-state index >= 15 is 0 Å². The molecule has 0 saturated heterocycles. The second kappa shape index (κ2) is 7.35. The van der Waals surface area contributed by atoms with Crippen LogP contribution in [0.2, 0.25) is 5.02 Å². The minimum atomic E-state index is -1.90. The maximum Gasteiger partial charge on any atom is 0.268 e. The zero-order chi connectivity index (χ0) is 20.6. The van der Waals surface area contributed by atoms with Crippen LogP contribution in [0.5, 0.6) is 0 Å². The van der Waals surface area contributed by atoms with Crippen LogP contribution in [0.1, 0.15) is 16.7 Å². The lowest BCUT2D eigenvalue weighted by molar-refractivity contribution is -0.133. The van der Waals surface area contributed by atoms with Gasteiger partial charge in [-0.05, 0) is 42.8 Å². The summed E-state index contributed by atoms with van der Waals surface area (Å²) in [5.74, 6) is -0.938. The number of fused-ring (bicyclic) bond motifs is 1. The van der Waals surface area contributed by atoms with Crippen molar-refractivity contribution in [1.29, 1.82) is 0 Å². The van der Waals surface area contributed by atoms with Crippen molar-refractivity contribution >= 4 is 34.8 Å². The molecule has 3 aromatic carbocycles. The van der Waals surface area contributed by atoms with Crippen LogP contribution in [-0.4, -0.2) is 23.5 Å². The smallest absolute Gasteiger partial charge is 0.268 e. The average molecular weight is 407 g/mol. The summed E-state index contributed by atoms with van der Waals surface area (Å²) in [5, 5.41) is 14.6. The lowest BCUT2D eigenvalue weighted by Crippen LogP contribution is -2.44. The SMILES string of the molecule is Cc1ccc(NC(=O)CN2C(=O)[C@](O)(c3cccc(Cl)c3)c3ccccc32)cc1. The molecule has 1 heterocycles. The largest absolute Gasteiger partial charge is 0.372 e. The molecular weight excluding hydrogens is 388 g/mol. The summed E-state index contributed by atoms with van der Waals surface area (Å²) >= 11 is 6.08. The van der Waals surface area contributed by atoms with Crippen molar-refractivity contribution in [2.24, 2.45) is 0 Å². The molecule has 146 valence electrons. The van der Waals surface area contributed by atoms with Gasteiger partial charge in [0.05, 0.1) is 5.69 Å². The van der Waals surface area contributed by atoms with Crippen LogP contribution >= 0.6 is 11.6 Å². The molecule has 5 nitrogen and oxygen atoms in total. The number of carbonyl (C=O) groups excluding carboxylic acids is 2. The van der Waals surface area contributed by atoms with E-state index in [1.54, 1.807) is 60.7 Å². The quantitative estimate of drug-likeness (QED) is 0.691. The van der Waals surface area contributed by atoms with E-state index < -0.39 is 11.5 Å². The van der Waals surface area contributed by atoms with Gasteiger partial charge in [-0.2, -0.15) is 0 Å². The lowest BCUT2D eigenvalue weighted by Gasteiger charge is -2.23. The molecule has 0 aromatic heterocycles. The topological polar surface area (TPSA) is 69.6 Å². The van der Waals surface area contributed by atoms with Gasteiger partial charge in [-0.25, -0.2) is 0 Å². The molecule has 6 heteroatoms. The normalized spacial score (nSPS) is 17.9. The second-order valence-electron chi connectivity index (χ2n) is 7.04. The summed E-state index contributed by atoms with van der Waals surface area (Å²) in [7, 11) is 0. The summed E-state index contributed by atoms with van der Waals surface area (Å²) in [6.07, 6.45) is 0. The van der Waals surface area contributed by atoms with Gasteiger partial charge < -0.3 is 10.4 Å². The number of halogens is 1. The third-order valence-electron chi connectivity index (χ3n) is 5.02. The predicted molar refractivity (Wildman–Crippen MR) is 113 cm³/mol. The number of para-hydroxylation sites is 1. The molecule has 2 amide bonds. The van der Waals surface area contributed by atoms with Crippen LogP contribution in [0, 0.1) is 6.92 Å². The zero-order valence-corrected chi connectivity index (χ0v) is 16.5. The standard InChI is InChI=1S/C23H19ClN2O3/c1-15-9-11-18(12-10-15)25-21(27)14-26-20-8-3-2-7-19(20)23(29,22(26)28)16-5-4-6-17(24)13-16/h2-13,29H,14H2,1H3,(H,25,27)/t23-/m0/s1. The molecule has 1 aliphatic heterocycles. The molecule has 0 spiro atoms. The first-order valence-corrected chi connectivity index (χ1v) is 9.54. The highest BCUT2D eigenvalue weighted by Crippen LogP contribution is 2.44. The Morgan fingerprint density at radius 1 is 1.07 bits per heavy atom. The van der Waals surface area contributed by atoms with E-state index in [2.05, 4.69) is 5.32 Å². The second-order valence-corrected chi connectivity index (χ2v) is 7.48. The van der Waals surface area contributed by atoms with E-state index in [0.717, 1.165) is 5.56 Å². The Bertz CT molecular complexity index is 1100. The minimum Gasteiger partial charge on any atom is -0.372 e. The number of amides is 2. The fourth-order valence-corrected chi connectivity index (χ4v) is 3.76. The fourth-order valence-electron chi connectivity index (χ4n) is 3.57. The van der Waals surface area contributed by atoms with Crippen molar-refractivity contribution in [1.82, 2.24) is 0 Å². The van der Waals surface area contributed by atoms with Crippen LogP contribution < -0.4 is 10.2 Å². The van der Waals surface area contributed by atoms with Crippen molar-refractivity contribution in [2.75, 3.05) is 16.8 Å². The van der Waals surface area contributed by atoms with Gasteiger partial charge in [-0.1, -0.05) is 59.6 Å². The Labute approximate surface area is 173 Å². The summed E-state index contributed by atoms with van der Waals surface area (Å²) in [4.78, 5) is 27.2. The lowest BCUT2D eigenvalue weighted by atomic mass is 9.87. The highest BCUT2D eigenvalue weighted by Gasteiger charge is 2.51. The molecule has 0 fully saturated rings. The number of carbonyl (C=O) groups is 2. The third-order valence-corrected chi connectivity index (χ3v) is 5.25. The summed E-state index contributed by atoms with van der Waals surface area (Å²) in [5.41, 5.74) is 1.12. The number of nitrogens with one attached hydrogen (secondary N) is 1. The molecule has 0 unspecified atom stereocenters. The van der Waals surface area contributed by atoms with Crippen molar-refractivity contribution in [3.8, 4) is 0 Å². The summed E-state index contributed by atoms with van der Waals surface area (Å²) < 4.78 is 0. The number of benzene rings is 3. The number of hydrogen-bond donors (Lipinski definition) is 2. The fraction of sp³-hybridized carbons (Fsp3) is 0.130. The Morgan fingerprint density at radius 2 is 1.79 bits per heavy atom. The summed E-state index contributed by atoms with van der Waals surface area (Å²) in [6, 6.07) is 20.9. The van der Waals surface area contributed by atoms with E-state index in [9.17, 15) is 14.7 Å². The van der Waals surface area contributed by atoms with Gasteiger partial charge in [0, 0.05) is 16.3 Å². The molecule has 1 aliphatic rings. The van der Waals surface area contributed by atoms with Crippen molar-refractivity contribution < 1.29 is 14.7 Å². The highest BCUT2D eigenvalue weighted by atomic mass is 35.5. The van der Waals surface area contributed by atoms with Crippen LogP contribution in [0.3, 0.4) is 0 Å². The molecule has 4 rings (SSSR count). The van der Waals surface area contributed by atoms with Crippen LogP contribution in [-0.2, 0) is 15.2 Å². The Morgan fingerprint density at radius 3 is 2.52 bits per heavy atom. The van der Waals surface area contributed by atoms with Crippen LogP contribution in [0.4, 0.5) is 11.4 Å². The monoisotopic (exact) mass is 406 g/mol. The molecular formula is C23H19ClN2O3. The van der Waals surface area contributed by atoms with Gasteiger partial charge in [-0.15, -0.1) is 0 Å². The molecule has 0 saturated carbocycles. The van der Waals surface area contributed by atoms with Gasteiger partial charge in [-0.3, -0.25) is 14.5 Å². The molecule has 1 atom stereocenters. The maximum absolute atomic E-state index is 13.3. The molecule has 0 radical (unpaired) electrons. The Balaban J connectivity index is 1.66. The number of hydrogen-bond acceptors (Lipinski definition) is 3. The predicted octanol–water partition coefficient (Wildman–Crippen LogP) is 3.87. The number of anilines is 2. The Hall–Kier alpha value is -3.15. The van der Waals surface area contributed by atoms with E-state index in [1.165, 1.54) is 4.90 Å². The van der Waals surface area contributed by atoms with E-state index in [0.29, 0.717) is 27.5 Å². The van der Waals surface area contributed by atoms with Crippen molar-refractivity contribution in [2.45, 2.75) is 12.5 Å². The molecule has 0 bridgehead atoms. The van der Waals surface area contributed by atoms with Crippen LogP contribution in [0.25, 0.3) is 0 Å². The van der Waals surface area contributed by atoms with Gasteiger partial charge in [0.15, 0.2) is 5.60 Å². The zero-order valence-electron chi connectivity index (χ0n) is 15.7. The minimum absolute atomic E-state index is 0.216. The molecule has 2 N–H and O–H groups in total. The van der Waals surface area contributed by atoms with Gasteiger partial charge in [0.25, 0.3) is 5.91 Å². The maximum atomic E-state index is 13.3. The van der Waals surface area contributed by atoms with Gasteiger partial charge >= 0.3 is 0 Å². The first-order valence-electron chi connectivity index (χ1n) is 9.16. The number of nitrogens with zero attached hydrogens (tertiary/aromatic N) is 1. The molecule has 3 aromatic rings. The molecule has 0 aliphatic carbocycles. The third kappa shape index (κ3) is 3.39. The van der Waals surface area contributed by atoms with Gasteiger partial charge in [0.1, 0.15) is 6.54 Å². The average Bonchev–Trinajstić information content (AvgIpc) is 2.93. The first-order chi connectivity index (χ1) is 13.9. The highest BCUT2D eigenvalue weighted by molar-refractivity contribution is 6.30. The van der Waals surface area contributed by atoms with Crippen molar-refractivity contribution in [3.05, 3.63) is 94.5 Å². The van der Waals surface area contributed by atoms with E-state index in [4.69, 9.17) is 11.6 Å². The first kappa shape index (κ1) is 19.2.